The second kappa shape index (κ2) is 1.69. The molecule has 0 spiro atoms. The minimum absolute atomic E-state index is 0.683. The molecule has 2 aromatic heterocycles. The van der Waals surface area contributed by atoms with E-state index >= 15 is 0 Å². The molecule has 0 fully saturated rings. The monoisotopic (exact) mass is 138 g/mol. The highest BCUT2D eigenvalue weighted by Gasteiger charge is 1.99. The normalized spacial score (nSPS) is 10.5. The minimum Gasteiger partial charge on any atom is -0.325 e. The van der Waals surface area contributed by atoms with E-state index in [1.165, 1.54) is 0 Å². The van der Waals surface area contributed by atoms with Gasteiger partial charge in [0, 0.05) is 7.05 Å². The summed E-state index contributed by atoms with van der Waals surface area (Å²) in [6.45, 7) is 0. The van der Waals surface area contributed by atoms with Crippen molar-refractivity contribution >= 4 is 5.78 Å². The molecule has 6 nitrogen and oxygen atoms in total. The van der Waals surface area contributed by atoms with Crippen LogP contribution in [0.3, 0.4) is 0 Å². The van der Waals surface area contributed by atoms with Crippen LogP contribution in [-0.4, -0.2) is 31.5 Å². The molecule has 10 heavy (non-hydrogen) atoms. The van der Waals surface area contributed by atoms with Gasteiger partial charge < -0.3 is 5.43 Å². The minimum atomic E-state index is 0.683. The van der Waals surface area contributed by atoms with E-state index in [-0.39, 0.29) is 0 Å². The molecule has 0 unspecified atom stereocenters. The second-order valence-electron chi connectivity index (χ2n) is 1.80. The first-order valence-electron chi connectivity index (χ1n) is 2.83. The summed E-state index contributed by atoms with van der Waals surface area (Å²) in [5, 5.41) is 11.4. The molecule has 1 N–H and O–H groups in total. The summed E-state index contributed by atoms with van der Waals surface area (Å²) >= 11 is 0. The zero-order valence-corrected chi connectivity index (χ0v) is 5.39. The maximum Gasteiger partial charge on any atom is 0.272 e. The van der Waals surface area contributed by atoms with Gasteiger partial charge >= 0.3 is 0 Å². The summed E-state index contributed by atoms with van der Waals surface area (Å²) in [5.41, 5.74) is 2.87. The van der Waals surface area contributed by atoms with Gasteiger partial charge in [-0.3, -0.25) is 0 Å². The fourth-order valence-electron chi connectivity index (χ4n) is 0.780. The lowest BCUT2D eigenvalue weighted by Crippen LogP contribution is -2.07. The van der Waals surface area contributed by atoms with Crippen molar-refractivity contribution in [2.45, 2.75) is 0 Å². The molecule has 0 amide bonds. The molecule has 0 saturated carbocycles. The summed E-state index contributed by atoms with van der Waals surface area (Å²) in [4.78, 5) is 0. The largest absolute Gasteiger partial charge is 0.325 e. The van der Waals surface area contributed by atoms with Crippen LogP contribution in [0.1, 0.15) is 0 Å². The number of hydrogen-bond acceptors (Lipinski definition) is 4. The van der Waals surface area contributed by atoms with E-state index in [9.17, 15) is 0 Å². The highest BCUT2D eigenvalue weighted by molar-refractivity contribution is 5.24. The van der Waals surface area contributed by atoms with Gasteiger partial charge in [-0.25, -0.2) is 4.68 Å². The van der Waals surface area contributed by atoms with E-state index in [0.717, 1.165) is 0 Å². The molecule has 2 heterocycles. The first kappa shape index (κ1) is 5.21. The lowest BCUT2D eigenvalue weighted by Gasteiger charge is -1.94. The van der Waals surface area contributed by atoms with Gasteiger partial charge in [0.05, 0.1) is 0 Å². The summed E-state index contributed by atoms with van der Waals surface area (Å²) in [6.07, 6.45) is 3.17. The van der Waals surface area contributed by atoms with Crippen molar-refractivity contribution in [2.75, 3.05) is 12.5 Å². The lowest BCUT2D eigenvalue weighted by molar-refractivity contribution is 0.913. The molecule has 0 aliphatic heterocycles. The molecular formula is C4H6N6. The summed E-state index contributed by atoms with van der Waals surface area (Å²) in [5.74, 6) is 0.683. The van der Waals surface area contributed by atoms with E-state index in [0.29, 0.717) is 5.78 Å². The van der Waals surface area contributed by atoms with Crippen LogP contribution in [0.4, 0.5) is 0 Å². The molecule has 0 radical (unpaired) electrons. The second-order valence-corrected chi connectivity index (χ2v) is 1.80. The van der Waals surface area contributed by atoms with Gasteiger partial charge in [-0.1, -0.05) is 0 Å². The summed E-state index contributed by atoms with van der Waals surface area (Å²) < 4.78 is 3.25. The maximum absolute atomic E-state index is 3.94. The van der Waals surface area contributed by atoms with Crippen molar-refractivity contribution in [3.63, 3.8) is 0 Å². The van der Waals surface area contributed by atoms with Gasteiger partial charge in [0.25, 0.3) is 5.78 Å². The molecule has 6 heteroatoms. The van der Waals surface area contributed by atoms with E-state index in [4.69, 9.17) is 0 Å². The maximum atomic E-state index is 3.94. The van der Waals surface area contributed by atoms with Crippen LogP contribution in [0.2, 0.25) is 0 Å². The Bertz CT molecular complexity index is 332. The Morgan fingerprint density at radius 1 is 1.50 bits per heavy atom. The molecule has 2 aromatic rings. The van der Waals surface area contributed by atoms with Crippen molar-refractivity contribution in [2.24, 2.45) is 0 Å². The highest BCUT2D eigenvalue weighted by atomic mass is 15.5. The van der Waals surface area contributed by atoms with E-state index in [1.54, 1.807) is 28.9 Å². The molecule has 0 saturated heterocycles. The third-order valence-electron chi connectivity index (χ3n) is 1.26. The van der Waals surface area contributed by atoms with Gasteiger partial charge in [0.15, 0.2) is 0 Å². The molecule has 0 aromatic carbocycles. The van der Waals surface area contributed by atoms with E-state index in [1.807, 2.05) is 0 Å². The molecule has 2 rings (SSSR count). The number of nitrogens with zero attached hydrogens (tertiary/aromatic N) is 5. The zero-order chi connectivity index (χ0) is 6.97. The lowest BCUT2D eigenvalue weighted by atomic mass is 11.1. The van der Waals surface area contributed by atoms with Gasteiger partial charge in [0.1, 0.15) is 12.7 Å². The van der Waals surface area contributed by atoms with Crippen LogP contribution < -0.4 is 5.43 Å². The number of nitrogens with one attached hydrogen (secondary N) is 1. The van der Waals surface area contributed by atoms with Crippen LogP contribution in [0.25, 0.3) is 5.78 Å². The number of aromatic nitrogens is 5. The average Bonchev–Trinajstić information content (AvgIpc) is 2.44. The van der Waals surface area contributed by atoms with Crippen LogP contribution in [-0.2, 0) is 0 Å². The number of fused-ring (bicyclic) bond motifs is 1. The first-order chi connectivity index (χ1) is 4.92. The third-order valence-corrected chi connectivity index (χ3v) is 1.26. The Kier molecular flexibility index (Phi) is 0.883. The predicted octanol–water partition coefficient (Wildman–Crippen LogP) is -0.901. The van der Waals surface area contributed by atoms with Crippen molar-refractivity contribution < 1.29 is 0 Å². The Hall–Kier alpha value is -1.59. The molecule has 0 atom stereocenters. The van der Waals surface area contributed by atoms with Crippen LogP contribution >= 0.6 is 0 Å². The Labute approximate surface area is 56.4 Å². The standard InChI is InChI=1S/C4H6N6/c1-5-9-3-7-10-2-6-8-4(9)10/h2-3,5H,1H3. The van der Waals surface area contributed by atoms with Crippen molar-refractivity contribution in [1.29, 1.82) is 0 Å². The fourth-order valence-corrected chi connectivity index (χ4v) is 0.780. The van der Waals surface area contributed by atoms with Gasteiger partial charge in [-0.2, -0.15) is 9.61 Å². The first-order valence-corrected chi connectivity index (χ1v) is 2.83. The SMILES string of the molecule is CNn1cnn2cnnc12. The predicted molar refractivity (Wildman–Crippen MR) is 34.1 cm³/mol. The molecule has 52 valence electrons. The van der Waals surface area contributed by atoms with Gasteiger partial charge in [0.2, 0.25) is 0 Å². The average molecular weight is 138 g/mol. The van der Waals surface area contributed by atoms with Crippen LogP contribution in [0.5, 0.6) is 0 Å². The fraction of sp³-hybridized carbons (Fsp3) is 0.250. The van der Waals surface area contributed by atoms with Crippen LogP contribution in [0, 0.1) is 0 Å². The van der Waals surface area contributed by atoms with E-state index < -0.39 is 0 Å². The quantitative estimate of drug-likeness (QED) is 0.554. The molecule has 0 bridgehead atoms. The van der Waals surface area contributed by atoms with Gasteiger partial charge in [-0.05, 0) is 0 Å². The topological polar surface area (TPSA) is 60.0 Å². The number of hydrogen-bond donors (Lipinski definition) is 1. The summed E-state index contributed by atoms with van der Waals surface area (Å²) in [7, 11) is 1.79. The van der Waals surface area contributed by atoms with E-state index in [2.05, 4.69) is 20.7 Å². The smallest absolute Gasteiger partial charge is 0.272 e. The Morgan fingerprint density at radius 2 is 2.40 bits per heavy atom. The van der Waals surface area contributed by atoms with Crippen molar-refractivity contribution in [1.82, 2.24) is 24.5 Å². The Morgan fingerprint density at radius 3 is 3.20 bits per heavy atom. The van der Waals surface area contributed by atoms with Crippen LogP contribution in [0.15, 0.2) is 12.7 Å². The third kappa shape index (κ3) is 0.498. The molecule has 0 aliphatic carbocycles. The number of rotatable bonds is 1. The highest BCUT2D eigenvalue weighted by Crippen LogP contribution is 1.91. The summed E-state index contributed by atoms with van der Waals surface area (Å²) in [6, 6.07) is 0. The van der Waals surface area contributed by atoms with Crippen molar-refractivity contribution in [3.05, 3.63) is 12.7 Å². The zero-order valence-electron chi connectivity index (χ0n) is 5.39. The van der Waals surface area contributed by atoms with Crippen molar-refractivity contribution in [3.8, 4) is 0 Å². The Balaban J connectivity index is 2.76. The molecule has 0 aliphatic rings. The molecular weight excluding hydrogens is 132 g/mol. The van der Waals surface area contributed by atoms with Gasteiger partial charge in [-0.15, -0.1) is 10.2 Å².